The van der Waals surface area contributed by atoms with Gasteiger partial charge in [0.25, 0.3) is 0 Å². The van der Waals surface area contributed by atoms with Gasteiger partial charge in [0, 0.05) is 38.5 Å². The van der Waals surface area contributed by atoms with E-state index < -0.39 is 17.6 Å². The predicted molar refractivity (Wildman–Crippen MR) is 126 cm³/mol. The van der Waals surface area contributed by atoms with Crippen LogP contribution in [0.15, 0.2) is 30.3 Å². The number of carbonyl (C=O) groups is 2. The van der Waals surface area contributed by atoms with E-state index in [0.717, 1.165) is 18.4 Å². The number of hydrogen-bond acceptors (Lipinski definition) is 4. The van der Waals surface area contributed by atoms with Gasteiger partial charge in [-0.15, -0.1) is 0 Å². The van der Waals surface area contributed by atoms with Gasteiger partial charge in [0.1, 0.15) is 12.2 Å². The van der Waals surface area contributed by atoms with Crippen LogP contribution >= 0.6 is 0 Å². The Morgan fingerprint density at radius 1 is 1.12 bits per heavy atom. The third-order valence-electron chi connectivity index (χ3n) is 6.52. The number of amides is 2. The van der Waals surface area contributed by atoms with Gasteiger partial charge in [0.15, 0.2) is 0 Å². The molecule has 3 rings (SSSR count). The molecule has 0 aromatic heterocycles. The molecule has 1 aliphatic heterocycles. The summed E-state index contributed by atoms with van der Waals surface area (Å²) in [6.45, 7) is 7.30. The third kappa shape index (κ3) is 8.13. The molecule has 1 atom stereocenters. The molecule has 0 spiro atoms. The lowest BCUT2D eigenvalue weighted by Gasteiger charge is -2.39. The van der Waals surface area contributed by atoms with Gasteiger partial charge in [-0.25, -0.2) is 18.4 Å². The molecule has 1 unspecified atom stereocenters. The lowest BCUT2D eigenvalue weighted by Crippen LogP contribution is -2.48. The number of ether oxygens (including phenoxy) is 2. The molecule has 1 saturated carbocycles. The molecule has 2 fully saturated rings. The Morgan fingerprint density at radius 2 is 1.79 bits per heavy atom. The van der Waals surface area contributed by atoms with Crippen molar-refractivity contribution in [2.45, 2.75) is 89.9 Å². The summed E-state index contributed by atoms with van der Waals surface area (Å²) in [4.78, 5) is 28.9. The monoisotopic (exact) mass is 480 g/mol. The maximum atomic E-state index is 13.7. The quantitative estimate of drug-likeness (QED) is 0.484. The summed E-state index contributed by atoms with van der Waals surface area (Å²) in [6.07, 6.45) is 1.87. The number of hydrogen-bond donors (Lipinski definition) is 0. The van der Waals surface area contributed by atoms with Crippen LogP contribution in [0.1, 0.15) is 71.3 Å². The van der Waals surface area contributed by atoms with E-state index >= 15 is 0 Å². The molecule has 6 nitrogen and oxygen atoms in total. The molecular formula is C26H38F2N2O4. The summed E-state index contributed by atoms with van der Waals surface area (Å²) < 4.78 is 38.5. The van der Waals surface area contributed by atoms with Crippen molar-refractivity contribution >= 4 is 12.2 Å². The van der Waals surface area contributed by atoms with Gasteiger partial charge in [-0.1, -0.05) is 30.3 Å². The van der Waals surface area contributed by atoms with Crippen LogP contribution in [0.4, 0.5) is 18.4 Å². The first-order valence-electron chi connectivity index (χ1n) is 12.4. The van der Waals surface area contributed by atoms with E-state index in [4.69, 9.17) is 9.47 Å². The molecule has 0 radical (unpaired) electrons. The van der Waals surface area contributed by atoms with Crippen LogP contribution in [0.2, 0.25) is 0 Å². The highest BCUT2D eigenvalue weighted by Crippen LogP contribution is 2.36. The highest BCUT2D eigenvalue weighted by atomic mass is 19.3. The first-order valence-corrected chi connectivity index (χ1v) is 12.4. The van der Waals surface area contributed by atoms with Crippen LogP contribution in [0.5, 0.6) is 0 Å². The van der Waals surface area contributed by atoms with Crippen LogP contribution in [0.3, 0.4) is 0 Å². The van der Waals surface area contributed by atoms with Crippen molar-refractivity contribution in [2.75, 3.05) is 19.6 Å². The Hall–Kier alpha value is -2.38. The first kappa shape index (κ1) is 26.2. The minimum absolute atomic E-state index is 0.207. The molecule has 1 aromatic rings. The molecule has 1 aliphatic carbocycles. The maximum Gasteiger partial charge on any atom is 0.410 e. The summed E-state index contributed by atoms with van der Waals surface area (Å²) in [5, 5.41) is 0. The number of nitrogens with zero attached hydrogens (tertiary/aromatic N) is 2. The summed E-state index contributed by atoms with van der Waals surface area (Å²) in [5.41, 5.74) is 0.286. The summed E-state index contributed by atoms with van der Waals surface area (Å²) in [6, 6.07) is 9.32. The number of piperidine rings is 1. The normalized spacial score (nSPS) is 21.1. The zero-order valence-electron chi connectivity index (χ0n) is 20.6. The standard InChI is InChI=1S/C26H38F2N2O4/c1-25(2,3)34-24(32)30(22-11-14-26(27,28)15-12-22)17-13-20-10-7-16-29(18-20)23(31)33-19-21-8-5-4-6-9-21/h4-6,8-9,20,22H,7,10-19H2,1-3H3. The van der Waals surface area contributed by atoms with Crippen LogP contribution in [-0.4, -0.2) is 59.2 Å². The molecule has 1 aromatic carbocycles. The van der Waals surface area contributed by atoms with Gasteiger partial charge in [0.05, 0.1) is 0 Å². The fourth-order valence-corrected chi connectivity index (χ4v) is 4.68. The van der Waals surface area contributed by atoms with Crippen molar-refractivity contribution in [3.8, 4) is 0 Å². The fraction of sp³-hybridized carbons (Fsp3) is 0.692. The predicted octanol–water partition coefficient (Wildman–Crippen LogP) is 6.24. The Balaban J connectivity index is 1.54. The minimum atomic E-state index is -2.65. The second-order valence-corrected chi connectivity index (χ2v) is 10.5. The highest BCUT2D eigenvalue weighted by Gasteiger charge is 2.39. The lowest BCUT2D eigenvalue weighted by molar-refractivity contribution is -0.0576. The Bertz CT molecular complexity index is 803. The van der Waals surface area contributed by atoms with Crippen LogP contribution in [-0.2, 0) is 16.1 Å². The van der Waals surface area contributed by atoms with Crippen molar-refractivity contribution < 1.29 is 27.8 Å². The molecule has 2 aliphatic rings. The van der Waals surface area contributed by atoms with Crippen molar-refractivity contribution in [1.82, 2.24) is 9.80 Å². The summed E-state index contributed by atoms with van der Waals surface area (Å²) >= 11 is 0. The third-order valence-corrected chi connectivity index (χ3v) is 6.52. The van der Waals surface area contributed by atoms with E-state index in [1.54, 1.807) is 30.6 Å². The molecule has 0 N–H and O–H groups in total. The van der Waals surface area contributed by atoms with E-state index in [2.05, 4.69) is 0 Å². The Morgan fingerprint density at radius 3 is 2.44 bits per heavy atom. The summed E-state index contributed by atoms with van der Waals surface area (Å²) in [5.74, 6) is -2.44. The molecule has 34 heavy (non-hydrogen) atoms. The largest absolute Gasteiger partial charge is 0.445 e. The SMILES string of the molecule is CC(C)(C)OC(=O)N(CCC1CCCN(C(=O)OCc2ccccc2)C1)C1CCC(F)(F)CC1. The van der Waals surface area contributed by atoms with E-state index in [-0.39, 0.29) is 50.3 Å². The average Bonchev–Trinajstić information content (AvgIpc) is 2.78. The van der Waals surface area contributed by atoms with Crippen LogP contribution in [0.25, 0.3) is 0 Å². The number of rotatable bonds is 6. The van der Waals surface area contributed by atoms with Gasteiger partial charge >= 0.3 is 12.2 Å². The van der Waals surface area contributed by atoms with E-state index in [9.17, 15) is 18.4 Å². The Labute approximate surface area is 201 Å². The Kier molecular flexibility index (Phi) is 8.77. The van der Waals surface area contributed by atoms with Gasteiger partial charge in [-0.2, -0.15) is 0 Å². The summed E-state index contributed by atoms with van der Waals surface area (Å²) in [7, 11) is 0. The lowest BCUT2D eigenvalue weighted by atomic mass is 9.90. The second-order valence-electron chi connectivity index (χ2n) is 10.5. The van der Waals surface area contributed by atoms with Gasteiger partial charge in [0.2, 0.25) is 5.92 Å². The molecule has 190 valence electrons. The molecular weight excluding hydrogens is 442 g/mol. The number of likely N-dealkylation sites (tertiary alicyclic amines) is 1. The number of carbonyl (C=O) groups excluding carboxylic acids is 2. The van der Waals surface area contributed by atoms with Gasteiger partial charge in [-0.3, -0.25) is 0 Å². The molecule has 0 bridgehead atoms. The topological polar surface area (TPSA) is 59.1 Å². The van der Waals surface area contributed by atoms with Crippen LogP contribution < -0.4 is 0 Å². The number of alkyl halides is 2. The zero-order valence-corrected chi connectivity index (χ0v) is 20.6. The second kappa shape index (κ2) is 11.4. The average molecular weight is 481 g/mol. The molecule has 1 heterocycles. The van der Waals surface area contributed by atoms with Crippen molar-refractivity contribution in [1.29, 1.82) is 0 Å². The maximum absolute atomic E-state index is 13.7. The van der Waals surface area contributed by atoms with Crippen LogP contribution in [0, 0.1) is 5.92 Å². The van der Waals surface area contributed by atoms with Crippen molar-refractivity contribution in [3.05, 3.63) is 35.9 Å². The van der Waals surface area contributed by atoms with Gasteiger partial charge < -0.3 is 19.3 Å². The van der Waals surface area contributed by atoms with Gasteiger partial charge in [-0.05, 0) is 64.4 Å². The molecule has 1 saturated heterocycles. The molecule has 8 heteroatoms. The van der Waals surface area contributed by atoms with Crippen molar-refractivity contribution in [3.63, 3.8) is 0 Å². The highest BCUT2D eigenvalue weighted by molar-refractivity contribution is 5.69. The smallest absolute Gasteiger partial charge is 0.410 e. The fourth-order valence-electron chi connectivity index (χ4n) is 4.68. The van der Waals surface area contributed by atoms with E-state index in [0.29, 0.717) is 26.1 Å². The zero-order chi connectivity index (χ0) is 24.8. The minimum Gasteiger partial charge on any atom is -0.445 e. The number of halogens is 2. The van der Waals surface area contributed by atoms with E-state index in [1.807, 2.05) is 30.3 Å². The number of benzene rings is 1. The molecule has 2 amide bonds. The van der Waals surface area contributed by atoms with Crippen molar-refractivity contribution in [2.24, 2.45) is 5.92 Å². The van der Waals surface area contributed by atoms with E-state index in [1.165, 1.54) is 0 Å². The first-order chi connectivity index (χ1) is 16.0.